The Kier molecular flexibility index (Phi) is 6.70. The summed E-state index contributed by atoms with van der Waals surface area (Å²) in [5.74, 6) is 1.34. The van der Waals surface area contributed by atoms with Crippen LogP contribution in [0.25, 0.3) is 0 Å². The lowest BCUT2D eigenvalue weighted by Crippen LogP contribution is -2.30. The molecule has 5 nitrogen and oxygen atoms in total. The molecule has 1 aromatic carbocycles. The molecule has 1 rings (SSSR count). The number of carboxylic acid groups (broad SMARTS) is 1. The lowest BCUT2D eigenvalue weighted by atomic mass is 10.1. The second-order valence-electron chi connectivity index (χ2n) is 4.59. The normalized spacial score (nSPS) is 10.2. The second kappa shape index (κ2) is 8.30. The summed E-state index contributed by atoms with van der Waals surface area (Å²) in [5, 5.41) is 9.26. The molecule has 0 aliphatic rings. The van der Waals surface area contributed by atoms with Crippen molar-refractivity contribution < 1.29 is 19.4 Å². The van der Waals surface area contributed by atoms with Gasteiger partial charge >= 0.3 is 6.09 Å². The van der Waals surface area contributed by atoms with Gasteiger partial charge in [-0.1, -0.05) is 19.8 Å². The highest BCUT2D eigenvalue weighted by atomic mass is 16.5. The number of methoxy groups -OCH3 is 2. The third-order valence-corrected chi connectivity index (χ3v) is 3.16. The molecule has 1 aromatic rings. The van der Waals surface area contributed by atoms with Gasteiger partial charge in [0.2, 0.25) is 0 Å². The van der Waals surface area contributed by atoms with E-state index in [2.05, 4.69) is 6.92 Å². The molecule has 20 heavy (non-hydrogen) atoms. The van der Waals surface area contributed by atoms with Crippen LogP contribution in [0.1, 0.15) is 31.7 Å². The summed E-state index contributed by atoms with van der Waals surface area (Å²) in [6, 6.07) is 5.42. The molecule has 0 heterocycles. The summed E-state index contributed by atoms with van der Waals surface area (Å²) in [6.07, 6.45) is 2.07. The molecule has 1 N–H and O–H groups in total. The fourth-order valence-electron chi connectivity index (χ4n) is 1.98. The van der Waals surface area contributed by atoms with Gasteiger partial charge in [0.25, 0.3) is 0 Å². The van der Waals surface area contributed by atoms with Gasteiger partial charge in [-0.05, 0) is 18.6 Å². The minimum atomic E-state index is -0.904. The molecule has 0 saturated carbocycles. The number of nitrogens with zero attached hydrogens (tertiary/aromatic N) is 1. The quantitative estimate of drug-likeness (QED) is 0.742. The van der Waals surface area contributed by atoms with Crippen LogP contribution in [-0.2, 0) is 6.54 Å². The van der Waals surface area contributed by atoms with Gasteiger partial charge in [-0.15, -0.1) is 0 Å². The predicted octanol–water partition coefficient (Wildman–Crippen LogP) is 3.37. The molecule has 0 radical (unpaired) electrons. The topological polar surface area (TPSA) is 59.0 Å². The first-order chi connectivity index (χ1) is 9.62. The van der Waals surface area contributed by atoms with E-state index < -0.39 is 6.09 Å². The van der Waals surface area contributed by atoms with Gasteiger partial charge in [0.1, 0.15) is 11.5 Å². The number of unbranched alkanes of at least 4 members (excludes halogenated alkanes) is 2. The Balaban J connectivity index is 2.79. The largest absolute Gasteiger partial charge is 0.497 e. The Morgan fingerprint density at radius 3 is 2.55 bits per heavy atom. The van der Waals surface area contributed by atoms with Gasteiger partial charge in [-0.2, -0.15) is 0 Å². The number of ether oxygens (including phenoxy) is 2. The summed E-state index contributed by atoms with van der Waals surface area (Å²) in [6.45, 7) is 2.96. The van der Waals surface area contributed by atoms with Crippen molar-refractivity contribution in [1.29, 1.82) is 0 Å². The maximum absolute atomic E-state index is 11.3. The number of benzene rings is 1. The summed E-state index contributed by atoms with van der Waals surface area (Å²) in [7, 11) is 3.16. The number of hydrogen-bond donors (Lipinski definition) is 1. The first-order valence-electron chi connectivity index (χ1n) is 6.81. The van der Waals surface area contributed by atoms with E-state index in [4.69, 9.17) is 9.47 Å². The first-order valence-corrected chi connectivity index (χ1v) is 6.81. The number of amides is 1. The van der Waals surface area contributed by atoms with Crippen LogP contribution in [0.5, 0.6) is 11.5 Å². The molecule has 0 fully saturated rings. The predicted molar refractivity (Wildman–Crippen MR) is 77.5 cm³/mol. The van der Waals surface area contributed by atoms with Crippen molar-refractivity contribution in [2.24, 2.45) is 0 Å². The van der Waals surface area contributed by atoms with Crippen LogP contribution in [0.4, 0.5) is 4.79 Å². The van der Waals surface area contributed by atoms with E-state index in [0.29, 0.717) is 24.6 Å². The zero-order valence-corrected chi connectivity index (χ0v) is 12.4. The highest BCUT2D eigenvalue weighted by Gasteiger charge is 2.15. The van der Waals surface area contributed by atoms with Crippen LogP contribution >= 0.6 is 0 Å². The second-order valence-corrected chi connectivity index (χ2v) is 4.59. The van der Waals surface area contributed by atoms with Crippen molar-refractivity contribution in [2.45, 2.75) is 32.7 Å². The fourth-order valence-corrected chi connectivity index (χ4v) is 1.98. The molecular weight excluding hydrogens is 258 g/mol. The average molecular weight is 281 g/mol. The minimum Gasteiger partial charge on any atom is -0.497 e. The van der Waals surface area contributed by atoms with Crippen molar-refractivity contribution in [2.75, 3.05) is 20.8 Å². The molecule has 0 atom stereocenters. The smallest absolute Gasteiger partial charge is 0.407 e. The van der Waals surface area contributed by atoms with Crippen molar-refractivity contribution >= 4 is 6.09 Å². The highest BCUT2D eigenvalue weighted by Crippen LogP contribution is 2.25. The van der Waals surface area contributed by atoms with Crippen LogP contribution in [0.2, 0.25) is 0 Å². The van der Waals surface area contributed by atoms with Crippen molar-refractivity contribution in [3.63, 3.8) is 0 Å². The monoisotopic (exact) mass is 281 g/mol. The van der Waals surface area contributed by atoms with Gasteiger partial charge in [-0.3, -0.25) is 0 Å². The molecule has 0 aliphatic heterocycles. The van der Waals surface area contributed by atoms with E-state index in [-0.39, 0.29) is 0 Å². The molecule has 0 unspecified atom stereocenters. The molecule has 0 bridgehead atoms. The lowest BCUT2D eigenvalue weighted by molar-refractivity contribution is 0.141. The molecule has 0 aliphatic carbocycles. The van der Waals surface area contributed by atoms with Gasteiger partial charge in [-0.25, -0.2) is 4.79 Å². The maximum atomic E-state index is 11.3. The molecule has 0 spiro atoms. The van der Waals surface area contributed by atoms with Crippen LogP contribution in [-0.4, -0.2) is 36.9 Å². The zero-order chi connectivity index (χ0) is 15.0. The Morgan fingerprint density at radius 1 is 1.25 bits per heavy atom. The van der Waals surface area contributed by atoms with Crippen molar-refractivity contribution in [1.82, 2.24) is 4.90 Å². The highest BCUT2D eigenvalue weighted by molar-refractivity contribution is 5.65. The summed E-state index contributed by atoms with van der Waals surface area (Å²) >= 11 is 0. The van der Waals surface area contributed by atoms with Crippen molar-refractivity contribution in [3.05, 3.63) is 23.8 Å². The molecule has 0 saturated heterocycles. The van der Waals surface area contributed by atoms with Crippen LogP contribution < -0.4 is 9.47 Å². The van der Waals surface area contributed by atoms with Crippen LogP contribution in [0.3, 0.4) is 0 Å². The van der Waals surface area contributed by atoms with Crippen LogP contribution in [0, 0.1) is 0 Å². The third kappa shape index (κ3) is 4.64. The Hall–Kier alpha value is -1.91. The molecule has 112 valence electrons. The summed E-state index contributed by atoms with van der Waals surface area (Å²) < 4.78 is 10.4. The summed E-state index contributed by atoms with van der Waals surface area (Å²) in [4.78, 5) is 12.7. The van der Waals surface area contributed by atoms with E-state index >= 15 is 0 Å². The Bertz CT molecular complexity index is 434. The minimum absolute atomic E-state index is 0.326. The fraction of sp³-hybridized carbons (Fsp3) is 0.533. The van der Waals surface area contributed by atoms with Gasteiger partial charge in [0.05, 0.1) is 20.8 Å². The third-order valence-electron chi connectivity index (χ3n) is 3.16. The maximum Gasteiger partial charge on any atom is 0.407 e. The molecule has 1 amide bonds. The van der Waals surface area contributed by atoms with E-state index in [1.54, 1.807) is 20.3 Å². The number of carbonyl (C=O) groups is 1. The molecule has 0 aromatic heterocycles. The SMILES string of the molecule is CCCCCN(Cc1ccc(OC)cc1OC)C(=O)O. The molecular formula is C15H23NO4. The van der Waals surface area contributed by atoms with E-state index in [1.165, 1.54) is 4.90 Å². The standard InChI is InChI=1S/C15H23NO4/c1-4-5-6-9-16(15(17)18)11-12-7-8-13(19-2)10-14(12)20-3/h7-8,10H,4-6,9,11H2,1-3H3,(H,17,18). The first kappa shape index (κ1) is 16.1. The van der Waals surface area contributed by atoms with E-state index in [1.807, 2.05) is 12.1 Å². The zero-order valence-electron chi connectivity index (χ0n) is 12.4. The van der Waals surface area contributed by atoms with Gasteiger partial charge < -0.3 is 19.5 Å². The Labute approximate surface area is 120 Å². The van der Waals surface area contributed by atoms with Crippen LogP contribution in [0.15, 0.2) is 18.2 Å². The van der Waals surface area contributed by atoms with E-state index in [0.717, 1.165) is 24.8 Å². The average Bonchev–Trinajstić information content (AvgIpc) is 2.46. The van der Waals surface area contributed by atoms with Gasteiger partial charge in [0.15, 0.2) is 0 Å². The number of hydrogen-bond acceptors (Lipinski definition) is 3. The van der Waals surface area contributed by atoms with Gasteiger partial charge in [0, 0.05) is 18.2 Å². The lowest BCUT2D eigenvalue weighted by Gasteiger charge is -2.20. The summed E-state index contributed by atoms with van der Waals surface area (Å²) in [5.41, 5.74) is 0.840. The molecule has 5 heteroatoms. The Morgan fingerprint density at radius 2 is 2.00 bits per heavy atom. The van der Waals surface area contributed by atoms with Crippen molar-refractivity contribution in [3.8, 4) is 11.5 Å². The number of rotatable bonds is 8. The van der Waals surface area contributed by atoms with E-state index in [9.17, 15) is 9.90 Å².